The third-order valence-corrected chi connectivity index (χ3v) is 5.87. The van der Waals surface area contributed by atoms with Crippen LogP contribution in [0, 0.1) is 0 Å². The largest absolute Gasteiger partial charge is 0.368 e. The number of amides is 1. The van der Waals surface area contributed by atoms with Crippen molar-refractivity contribution >= 4 is 11.9 Å². The highest BCUT2D eigenvalue weighted by Crippen LogP contribution is 2.44. The average Bonchev–Trinajstić information content (AvgIpc) is 2.99. The highest BCUT2D eigenvalue weighted by Gasteiger charge is 2.45. The standard InChI is InChI=1S/C18H22N6O3/c1-22-12(8-13(25)23(2)17(22)27)15(26)24-7-3-5-18(10-24)6-4-11-9-20-16(19)21-14(11)18/h8-9H,3-7,10H2,1-2H3,(H2,19,20,21). The molecule has 0 bridgehead atoms. The van der Waals surface area contributed by atoms with E-state index < -0.39 is 11.2 Å². The predicted octanol–water partition coefficient (Wildman–Crippen LogP) is -0.424. The number of likely N-dealkylation sites (tertiary alicyclic amines) is 1. The molecule has 142 valence electrons. The van der Waals surface area contributed by atoms with Gasteiger partial charge in [0.15, 0.2) is 0 Å². The molecule has 1 fully saturated rings. The summed E-state index contributed by atoms with van der Waals surface area (Å²) in [6, 6.07) is 1.23. The Bertz CT molecular complexity index is 1050. The van der Waals surface area contributed by atoms with Crippen molar-refractivity contribution in [2.45, 2.75) is 31.1 Å². The van der Waals surface area contributed by atoms with Crippen LogP contribution < -0.4 is 17.0 Å². The highest BCUT2D eigenvalue weighted by molar-refractivity contribution is 5.92. The Hall–Kier alpha value is -2.97. The maximum atomic E-state index is 13.1. The van der Waals surface area contributed by atoms with Crippen molar-refractivity contribution < 1.29 is 4.79 Å². The molecule has 2 aromatic rings. The van der Waals surface area contributed by atoms with Gasteiger partial charge in [-0.15, -0.1) is 0 Å². The zero-order valence-electron chi connectivity index (χ0n) is 15.4. The van der Waals surface area contributed by atoms with Gasteiger partial charge in [0.1, 0.15) is 5.69 Å². The minimum absolute atomic E-state index is 0.112. The summed E-state index contributed by atoms with van der Waals surface area (Å²) in [5.41, 5.74) is 6.69. The molecule has 3 heterocycles. The molecule has 1 aliphatic heterocycles. The monoisotopic (exact) mass is 370 g/mol. The Morgan fingerprint density at radius 1 is 1.22 bits per heavy atom. The second-order valence-electron chi connectivity index (χ2n) is 7.48. The number of fused-ring (bicyclic) bond motifs is 2. The first-order chi connectivity index (χ1) is 12.8. The van der Waals surface area contributed by atoms with E-state index >= 15 is 0 Å². The first-order valence-corrected chi connectivity index (χ1v) is 9.01. The van der Waals surface area contributed by atoms with Crippen molar-refractivity contribution in [2.24, 2.45) is 14.1 Å². The molecule has 1 atom stereocenters. The fourth-order valence-electron chi connectivity index (χ4n) is 4.36. The lowest BCUT2D eigenvalue weighted by molar-refractivity contribution is 0.0621. The number of anilines is 1. The number of hydrogen-bond donors (Lipinski definition) is 1. The molecule has 1 unspecified atom stereocenters. The number of aryl methyl sites for hydroxylation is 1. The van der Waals surface area contributed by atoms with Gasteiger partial charge in [0.05, 0.1) is 5.69 Å². The molecule has 1 aliphatic carbocycles. The lowest BCUT2D eigenvalue weighted by Gasteiger charge is -2.40. The molecule has 4 rings (SSSR count). The van der Waals surface area contributed by atoms with E-state index in [0.717, 1.165) is 41.5 Å². The fraction of sp³-hybridized carbons (Fsp3) is 0.500. The van der Waals surface area contributed by atoms with Gasteiger partial charge in [-0.1, -0.05) is 0 Å². The molecule has 9 nitrogen and oxygen atoms in total. The average molecular weight is 370 g/mol. The summed E-state index contributed by atoms with van der Waals surface area (Å²) in [4.78, 5) is 47.6. The maximum Gasteiger partial charge on any atom is 0.331 e. The molecule has 9 heteroatoms. The van der Waals surface area contributed by atoms with Gasteiger partial charge in [-0.25, -0.2) is 14.8 Å². The normalized spacial score (nSPS) is 21.5. The second-order valence-corrected chi connectivity index (χ2v) is 7.48. The van der Waals surface area contributed by atoms with Crippen molar-refractivity contribution in [3.05, 3.63) is 50.1 Å². The summed E-state index contributed by atoms with van der Waals surface area (Å²) in [7, 11) is 2.90. The Labute approximate surface area is 155 Å². The topological polar surface area (TPSA) is 116 Å². The van der Waals surface area contributed by atoms with E-state index in [9.17, 15) is 14.4 Å². The zero-order valence-corrected chi connectivity index (χ0v) is 15.4. The maximum absolute atomic E-state index is 13.1. The highest BCUT2D eigenvalue weighted by atomic mass is 16.2. The van der Waals surface area contributed by atoms with E-state index in [1.165, 1.54) is 24.7 Å². The minimum Gasteiger partial charge on any atom is -0.368 e. The van der Waals surface area contributed by atoms with Gasteiger partial charge in [-0.05, 0) is 31.2 Å². The van der Waals surface area contributed by atoms with Gasteiger partial charge in [0.2, 0.25) is 5.95 Å². The van der Waals surface area contributed by atoms with Crippen LogP contribution in [-0.4, -0.2) is 43.0 Å². The number of nitrogen functional groups attached to an aromatic ring is 1. The van der Waals surface area contributed by atoms with Crippen LogP contribution in [0.25, 0.3) is 0 Å². The fourth-order valence-corrected chi connectivity index (χ4v) is 4.36. The minimum atomic E-state index is -0.510. The van der Waals surface area contributed by atoms with Crippen molar-refractivity contribution in [3.8, 4) is 0 Å². The van der Waals surface area contributed by atoms with Crippen LogP contribution in [0.1, 0.15) is 41.0 Å². The molecule has 2 aliphatic rings. The Kier molecular flexibility index (Phi) is 3.90. The molecule has 0 aromatic carbocycles. The van der Waals surface area contributed by atoms with Gasteiger partial charge in [-0.3, -0.25) is 18.7 Å². The lowest BCUT2D eigenvalue weighted by atomic mass is 9.77. The number of piperidine rings is 1. The third-order valence-electron chi connectivity index (χ3n) is 5.87. The molecule has 1 saturated heterocycles. The second kappa shape index (κ2) is 6.04. The molecular weight excluding hydrogens is 348 g/mol. The number of nitrogens with zero attached hydrogens (tertiary/aromatic N) is 5. The molecular formula is C18H22N6O3. The van der Waals surface area contributed by atoms with E-state index in [2.05, 4.69) is 9.97 Å². The number of carbonyl (C=O) groups excluding carboxylic acids is 1. The van der Waals surface area contributed by atoms with Crippen LogP contribution in [0.2, 0.25) is 0 Å². The quantitative estimate of drug-likeness (QED) is 0.729. The summed E-state index contributed by atoms with van der Waals surface area (Å²) in [5.74, 6) is -0.0609. The van der Waals surface area contributed by atoms with Crippen molar-refractivity contribution in [2.75, 3.05) is 18.8 Å². The first kappa shape index (κ1) is 17.4. The Morgan fingerprint density at radius 3 is 2.78 bits per heavy atom. The summed E-state index contributed by atoms with van der Waals surface area (Å²) in [6.45, 7) is 1.08. The SMILES string of the molecule is Cn1c(C(=O)N2CCCC3(CCc4cnc(N)nc43)C2)cc(=O)n(C)c1=O. The van der Waals surface area contributed by atoms with Gasteiger partial charge in [-0.2, -0.15) is 0 Å². The predicted molar refractivity (Wildman–Crippen MR) is 98.5 cm³/mol. The summed E-state index contributed by atoms with van der Waals surface area (Å²) in [6.07, 6.45) is 5.28. The van der Waals surface area contributed by atoms with Gasteiger partial charge < -0.3 is 10.6 Å². The number of nitrogens with two attached hydrogens (primary N) is 1. The number of aromatic nitrogens is 4. The molecule has 27 heavy (non-hydrogen) atoms. The summed E-state index contributed by atoms with van der Waals surface area (Å²) >= 11 is 0. The van der Waals surface area contributed by atoms with Gasteiger partial charge in [0.25, 0.3) is 11.5 Å². The van der Waals surface area contributed by atoms with Crippen LogP contribution in [-0.2, 0) is 25.9 Å². The van der Waals surface area contributed by atoms with E-state index in [0.29, 0.717) is 13.1 Å². The van der Waals surface area contributed by atoms with Crippen molar-refractivity contribution in [1.29, 1.82) is 0 Å². The van der Waals surface area contributed by atoms with E-state index in [1.54, 1.807) is 11.1 Å². The third kappa shape index (κ3) is 2.65. The molecule has 2 aromatic heterocycles. The molecule has 0 saturated carbocycles. The van der Waals surface area contributed by atoms with E-state index in [-0.39, 0.29) is 23.0 Å². The van der Waals surface area contributed by atoms with Crippen LogP contribution in [0.5, 0.6) is 0 Å². The van der Waals surface area contributed by atoms with E-state index in [1.807, 2.05) is 0 Å². The molecule has 2 N–H and O–H groups in total. The van der Waals surface area contributed by atoms with Crippen LogP contribution in [0.3, 0.4) is 0 Å². The number of hydrogen-bond acceptors (Lipinski definition) is 6. The molecule has 1 spiro atoms. The Balaban J connectivity index is 1.70. The van der Waals surface area contributed by atoms with Crippen LogP contribution in [0.4, 0.5) is 5.95 Å². The molecule has 0 radical (unpaired) electrons. The van der Waals surface area contributed by atoms with Crippen molar-refractivity contribution in [1.82, 2.24) is 24.0 Å². The van der Waals surface area contributed by atoms with Crippen LogP contribution in [0.15, 0.2) is 21.9 Å². The van der Waals surface area contributed by atoms with Gasteiger partial charge >= 0.3 is 5.69 Å². The van der Waals surface area contributed by atoms with Gasteiger partial charge in [0, 0.05) is 44.9 Å². The number of rotatable bonds is 1. The first-order valence-electron chi connectivity index (χ1n) is 9.01. The summed E-state index contributed by atoms with van der Waals surface area (Å²) < 4.78 is 2.22. The van der Waals surface area contributed by atoms with Crippen LogP contribution >= 0.6 is 0 Å². The number of carbonyl (C=O) groups is 1. The van der Waals surface area contributed by atoms with E-state index in [4.69, 9.17) is 5.73 Å². The van der Waals surface area contributed by atoms with Crippen molar-refractivity contribution in [3.63, 3.8) is 0 Å². The Morgan fingerprint density at radius 2 is 2.00 bits per heavy atom. The molecule has 1 amide bonds. The smallest absolute Gasteiger partial charge is 0.331 e. The lowest BCUT2D eigenvalue weighted by Crippen LogP contribution is -2.50. The zero-order chi connectivity index (χ0) is 19.3. The summed E-state index contributed by atoms with van der Waals surface area (Å²) in [5, 5.41) is 0.